The molecule has 3 rings (SSSR count). The van der Waals surface area contributed by atoms with Gasteiger partial charge in [0.1, 0.15) is 6.54 Å². The first-order valence-corrected chi connectivity index (χ1v) is 8.36. The summed E-state index contributed by atoms with van der Waals surface area (Å²) in [4.78, 5) is 22.9. The molecule has 0 spiro atoms. The number of carboxylic acid groups (broad SMARTS) is 1. The number of carbonyl (C=O) groups is 2. The van der Waals surface area contributed by atoms with E-state index in [2.05, 4.69) is 47.7 Å². The van der Waals surface area contributed by atoms with Crippen LogP contribution in [0.5, 0.6) is 0 Å². The van der Waals surface area contributed by atoms with Gasteiger partial charge in [0.15, 0.2) is 5.69 Å². The number of rotatable bonds is 5. The van der Waals surface area contributed by atoms with Gasteiger partial charge in [-0.15, -0.1) is 5.10 Å². The second-order valence-electron chi connectivity index (χ2n) is 7.12. The fraction of sp³-hybridized carbons (Fsp3) is 0.444. The molecule has 2 N–H and O–H groups in total. The Labute approximate surface area is 146 Å². The smallest absolute Gasteiger partial charge is 0.358 e. The Bertz CT molecular complexity index is 797. The highest BCUT2D eigenvalue weighted by Gasteiger charge is 2.32. The van der Waals surface area contributed by atoms with Crippen LogP contribution >= 0.6 is 0 Å². The van der Waals surface area contributed by atoms with Crippen molar-refractivity contribution in [3.63, 3.8) is 0 Å². The lowest BCUT2D eigenvalue weighted by molar-refractivity contribution is -0.121. The highest BCUT2D eigenvalue weighted by Crippen LogP contribution is 2.42. The largest absolute Gasteiger partial charge is 0.476 e. The molecule has 0 unspecified atom stereocenters. The lowest BCUT2D eigenvalue weighted by Crippen LogP contribution is -2.35. The molecule has 25 heavy (non-hydrogen) atoms. The van der Waals surface area contributed by atoms with E-state index in [4.69, 9.17) is 5.11 Å². The maximum absolute atomic E-state index is 12.1. The Morgan fingerprint density at radius 1 is 1.36 bits per heavy atom. The zero-order chi connectivity index (χ0) is 18.0. The molecule has 7 nitrogen and oxygen atoms in total. The first-order valence-electron chi connectivity index (χ1n) is 8.36. The number of amides is 1. The number of benzene rings is 1. The SMILES string of the molecule is CC1(C)CC[C@@H](CNC(=O)Cn2cc(C(=O)O)nn2)c2ccccc21. The van der Waals surface area contributed by atoms with Gasteiger partial charge in [-0.3, -0.25) is 4.79 Å². The summed E-state index contributed by atoms with van der Waals surface area (Å²) in [5.41, 5.74) is 2.64. The molecule has 0 radical (unpaired) electrons. The van der Waals surface area contributed by atoms with Gasteiger partial charge in [-0.1, -0.05) is 43.3 Å². The van der Waals surface area contributed by atoms with Crippen LogP contribution in [0.3, 0.4) is 0 Å². The van der Waals surface area contributed by atoms with Gasteiger partial charge >= 0.3 is 5.97 Å². The third-order valence-corrected chi connectivity index (χ3v) is 4.86. The molecule has 0 aliphatic heterocycles. The monoisotopic (exact) mass is 342 g/mol. The van der Waals surface area contributed by atoms with Crippen molar-refractivity contribution >= 4 is 11.9 Å². The molecule has 132 valence electrons. The number of nitrogens with zero attached hydrogens (tertiary/aromatic N) is 3. The van der Waals surface area contributed by atoms with Crippen molar-refractivity contribution in [3.8, 4) is 0 Å². The second-order valence-corrected chi connectivity index (χ2v) is 7.12. The van der Waals surface area contributed by atoms with Gasteiger partial charge in [-0.2, -0.15) is 0 Å². The Balaban J connectivity index is 1.61. The van der Waals surface area contributed by atoms with Crippen LogP contribution in [0.4, 0.5) is 0 Å². The predicted octanol–water partition coefficient (Wildman–Crippen LogP) is 1.95. The van der Waals surface area contributed by atoms with Crippen LogP contribution in [0.25, 0.3) is 0 Å². The molecule has 2 aromatic rings. The van der Waals surface area contributed by atoms with Gasteiger partial charge in [-0.25, -0.2) is 9.48 Å². The molecule has 0 fully saturated rings. The summed E-state index contributed by atoms with van der Waals surface area (Å²) in [5, 5.41) is 18.9. The van der Waals surface area contributed by atoms with E-state index in [0.717, 1.165) is 12.8 Å². The summed E-state index contributed by atoms with van der Waals surface area (Å²) in [6.07, 6.45) is 3.35. The van der Waals surface area contributed by atoms with E-state index in [-0.39, 0.29) is 23.6 Å². The minimum absolute atomic E-state index is 0.0415. The van der Waals surface area contributed by atoms with Gasteiger partial charge in [0.2, 0.25) is 5.91 Å². The van der Waals surface area contributed by atoms with Crippen LogP contribution in [0.2, 0.25) is 0 Å². The predicted molar refractivity (Wildman–Crippen MR) is 91.4 cm³/mol. The van der Waals surface area contributed by atoms with Crippen molar-refractivity contribution in [2.75, 3.05) is 6.54 Å². The average molecular weight is 342 g/mol. The lowest BCUT2D eigenvalue weighted by atomic mass is 9.69. The topological polar surface area (TPSA) is 97.1 Å². The van der Waals surface area contributed by atoms with E-state index in [0.29, 0.717) is 12.5 Å². The summed E-state index contributed by atoms with van der Waals surface area (Å²) >= 11 is 0. The van der Waals surface area contributed by atoms with E-state index >= 15 is 0 Å². The number of carboxylic acids is 1. The zero-order valence-electron chi connectivity index (χ0n) is 14.4. The van der Waals surface area contributed by atoms with Crippen LogP contribution in [0, 0.1) is 0 Å². The first kappa shape index (κ1) is 17.1. The number of carbonyl (C=O) groups excluding carboxylic acids is 1. The average Bonchev–Trinajstić information content (AvgIpc) is 3.03. The molecular weight excluding hydrogens is 320 g/mol. The number of hydrogen-bond donors (Lipinski definition) is 2. The van der Waals surface area contributed by atoms with Crippen LogP contribution < -0.4 is 5.32 Å². The first-order chi connectivity index (χ1) is 11.9. The molecule has 1 aromatic heterocycles. The van der Waals surface area contributed by atoms with Crippen molar-refractivity contribution < 1.29 is 14.7 Å². The van der Waals surface area contributed by atoms with Crippen LogP contribution in [-0.2, 0) is 16.8 Å². The third kappa shape index (κ3) is 3.70. The zero-order valence-corrected chi connectivity index (χ0v) is 14.4. The molecule has 0 saturated heterocycles. The highest BCUT2D eigenvalue weighted by atomic mass is 16.4. The fourth-order valence-electron chi connectivity index (χ4n) is 3.42. The van der Waals surface area contributed by atoms with E-state index < -0.39 is 5.97 Å². The Morgan fingerprint density at radius 3 is 2.84 bits per heavy atom. The van der Waals surface area contributed by atoms with Crippen molar-refractivity contribution in [1.82, 2.24) is 20.3 Å². The van der Waals surface area contributed by atoms with Gasteiger partial charge in [0.25, 0.3) is 0 Å². The summed E-state index contributed by atoms with van der Waals surface area (Å²) in [5.74, 6) is -1.07. The van der Waals surface area contributed by atoms with Crippen LogP contribution in [0.15, 0.2) is 30.5 Å². The van der Waals surface area contributed by atoms with Crippen LogP contribution in [0.1, 0.15) is 54.2 Å². The lowest BCUT2D eigenvalue weighted by Gasteiger charge is -2.37. The molecule has 0 saturated carbocycles. The highest BCUT2D eigenvalue weighted by molar-refractivity contribution is 5.84. The van der Waals surface area contributed by atoms with Gasteiger partial charge in [-0.05, 0) is 29.4 Å². The summed E-state index contributed by atoms with van der Waals surface area (Å²) in [6, 6.07) is 8.42. The second kappa shape index (κ2) is 6.66. The molecule has 1 heterocycles. The minimum atomic E-state index is -1.16. The molecule has 1 aliphatic rings. The normalized spacial score (nSPS) is 18.4. The van der Waals surface area contributed by atoms with Crippen molar-refractivity contribution in [2.24, 2.45) is 0 Å². The molecule has 1 aliphatic carbocycles. The number of fused-ring (bicyclic) bond motifs is 1. The Hall–Kier alpha value is -2.70. The molecular formula is C18H22N4O3. The Morgan fingerprint density at radius 2 is 2.12 bits per heavy atom. The number of nitrogens with one attached hydrogen (secondary N) is 1. The summed E-state index contributed by atoms with van der Waals surface area (Å²) < 4.78 is 1.23. The number of aromatic nitrogens is 3. The number of aromatic carboxylic acids is 1. The molecule has 1 atom stereocenters. The fourth-order valence-corrected chi connectivity index (χ4v) is 3.42. The minimum Gasteiger partial charge on any atom is -0.476 e. The maximum atomic E-state index is 12.1. The molecule has 7 heteroatoms. The maximum Gasteiger partial charge on any atom is 0.358 e. The number of hydrogen-bond acceptors (Lipinski definition) is 4. The summed E-state index contributed by atoms with van der Waals surface area (Å²) in [6.45, 7) is 5.03. The molecule has 0 bridgehead atoms. The quantitative estimate of drug-likeness (QED) is 0.865. The Kier molecular flexibility index (Phi) is 4.57. The summed E-state index contributed by atoms with van der Waals surface area (Å²) in [7, 11) is 0. The van der Waals surface area contributed by atoms with Gasteiger partial charge < -0.3 is 10.4 Å². The van der Waals surface area contributed by atoms with Crippen molar-refractivity contribution in [2.45, 2.75) is 44.6 Å². The third-order valence-electron chi connectivity index (χ3n) is 4.86. The molecule has 1 amide bonds. The van der Waals surface area contributed by atoms with Gasteiger partial charge in [0, 0.05) is 12.5 Å². The standard InChI is InChI=1S/C18H22N4O3/c1-18(2)8-7-12(13-5-3-4-6-14(13)18)9-19-16(23)11-22-10-15(17(24)25)20-21-22/h3-6,10,12H,7-9,11H2,1-2H3,(H,19,23)(H,24,25)/t12-/m0/s1. The van der Waals surface area contributed by atoms with E-state index in [1.54, 1.807) is 0 Å². The van der Waals surface area contributed by atoms with Crippen molar-refractivity contribution in [3.05, 3.63) is 47.3 Å². The van der Waals surface area contributed by atoms with Gasteiger partial charge in [0.05, 0.1) is 6.20 Å². The van der Waals surface area contributed by atoms with E-state index in [9.17, 15) is 9.59 Å². The van der Waals surface area contributed by atoms with E-state index in [1.807, 2.05) is 6.07 Å². The van der Waals surface area contributed by atoms with Crippen molar-refractivity contribution in [1.29, 1.82) is 0 Å². The van der Waals surface area contributed by atoms with Crippen LogP contribution in [-0.4, -0.2) is 38.5 Å². The van der Waals surface area contributed by atoms with E-state index in [1.165, 1.54) is 22.0 Å². The molecule has 1 aromatic carbocycles.